The second kappa shape index (κ2) is 9.02. The maximum atomic E-state index is 12.5. The number of carbonyl (C=O) groups excluding carboxylic acids is 1. The van der Waals surface area contributed by atoms with E-state index in [1.807, 2.05) is 25.1 Å². The summed E-state index contributed by atoms with van der Waals surface area (Å²) in [5.74, 6) is 0.610. The molecule has 1 aliphatic rings. The predicted octanol–water partition coefficient (Wildman–Crippen LogP) is 2.19. The summed E-state index contributed by atoms with van der Waals surface area (Å²) in [6.07, 6.45) is 5.26. The average molecular weight is 406 g/mol. The van der Waals surface area contributed by atoms with Gasteiger partial charge in [-0.05, 0) is 44.4 Å². The Hall–Kier alpha value is -3.29. The SMILES string of the molecule is Cc1cc(CNC(=O)CCn2cnc3ccccc3c2=O)nc(N2CCCCC2)n1. The summed E-state index contributed by atoms with van der Waals surface area (Å²) in [5.41, 5.74) is 2.21. The van der Waals surface area contributed by atoms with Crippen molar-refractivity contribution < 1.29 is 4.79 Å². The van der Waals surface area contributed by atoms with E-state index in [0.717, 1.165) is 43.3 Å². The number of amides is 1. The van der Waals surface area contributed by atoms with Gasteiger partial charge in [0.25, 0.3) is 5.56 Å². The summed E-state index contributed by atoms with van der Waals surface area (Å²) in [4.78, 5) is 40.5. The third-order valence-electron chi connectivity index (χ3n) is 5.31. The second-order valence-corrected chi connectivity index (χ2v) is 7.64. The van der Waals surface area contributed by atoms with Gasteiger partial charge < -0.3 is 10.2 Å². The first-order chi connectivity index (χ1) is 14.6. The molecule has 8 heteroatoms. The first-order valence-corrected chi connectivity index (χ1v) is 10.4. The zero-order valence-corrected chi connectivity index (χ0v) is 17.2. The van der Waals surface area contributed by atoms with Crippen molar-refractivity contribution in [2.75, 3.05) is 18.0 Å². The smallest absolute Gasteiger partial charge is 0.261 e. The van der Waals surface area contributed by atoms with Crippen molar-refractivity contribution in [2.24, 2.45) is 0 Å². The van der Waals surface area contributed by atoms with E-state index in [2.05, 4.69) is 25.2 Å². The summed E-state index contributed by atoms with van der Waals surface area (Å²) in [6, 6.07) is 9.10. The second-order valence-electron chi connectivity index (χ2n) is 7.64. The maximum absolute atomic E-state index is 12.5. The third-order valence-corrected chi connectivity index (χ3v) is 5.31. The molecule has 8 nitrogen and oxygen atoms in total. The number of hydrogen-bond acceptors (Lipinski definition) is 6. The van der Waals surface area contributed by atoms with E-state index in [-0.39, 0.29) is 24.4 Å². The fourth-order valence-electron chi connectivity index (χ4n) is 3.71. The number of aromatic nitrogens is 4. The predicted molar refractivity (Wildman–Crippen MR) is 115 cm³/mol. The van der Waals surface area contributed by atoms with Crippen molar-refractivity contribution in [1.82, 2.24) is 24.8 Å². The molecule has 0 spiro atoms. The van der Waals surface area contributed by atoms with E-state index in [4.69, 9.17) is 0 Å². The lowest BCUT2D eigenvalue weighted by Crippen LogP contribution is -2.32. The molecule has 0 aliphatic carbocycles. The molecule has 3 heterocycles. The minimum absolute atomic E-state index is 0.133. The Bertz CT molecular complexity index is 1100. The van der Waals surface area contributed by atoms with Crippen molar-refractivity contribution >= 4 is 22.8 Å². The Labute approximate surface area is 175 Å². The van der Waals surface area contributed by atoms with Crippen LogP contribution in [0.4, 0.5) is 5.95 Å². The molecule has 0 atom stereocenters. The van der Waals surface area contributed by atoms with E-state index in [1.54, 1.807) is 12.1 Å². The Morgan fingerprint density at radius 1 is 1.13 bits per heavy atom. The zero-order chi connectivity index (χ0) is 20.9. The molecule has 1 aromatic carbocycles. The topological polar surface area (TPSA) is 93.0 Å². The van der Waals surface area contributed by atoms with Crippen molar-refractivity contribution in [1.29, 1.82) is 0 Å². The standard InChI is InChI=1S/C22H26N6O2/c1-16-13-17(26-22(25-16)27-10-5-2-6-11-27)14-23-20(29)9-12-28-15-24-19-8-4-3-7-18(19)21(28)30/h3-4,7-8,13,15H,2,5-6,9-12,14H2,1H3,(H,23,29). The number of benzene rings is 1. The van der Waals surface area contributed by atoms with Gasteiger partial charge in [-0.25, -0.2) is 15.0 Å². The van der Waals surface area contributed by atoms with Crippen LogP contribution < -0.4 is 15.8 Å². The largest absolute Gasteiger partial charge is 0.350 e. The highest BCUT2D eigenvalue weighted by Crippen LogP contribution is 2.16. The van der Waals surface area contributed by atoms with Gasteiger partial charge in [0.05, 0.1) is 29.5 Å². The number of nitrogens with one attached hydrogen (secondary N) is 1. The third kappa shape index (κ3) is 4.64. The number of carbonyl (C=O) groups is 1. The van der Waals surface area contributed by atoms with Crippen LogP contribution in [0.3, 0.4) is 0 Å². The van der Waals surface area contributed by atoms with Crippen LogP contribution in [0.1, 0.15) is 37.1 Å². The lowest BCUT2D eigenvalue weighted by atomic mass is 10.1. The number of para-hydroxylation sites is 1. The molecule has 0 radical (unpaired) electrons. The van der Waals surface area contributed by atoms with Crippen LogP contribution in [0.25, 0.3) is 10.9 Å². The molecule has 0 unspecified atom stereocenters. The summed E-state index contributed by atoms with van der Waals surface area (Å²) >= 11 is 0. The molecule has 30 heavy (non-hydrogen) atoms. The number of hydrogen-bond donors (Lipinski definition) is 1. The van der Waals surface area contributed by atoms with Gasteiger partial charge >= 0.3 is 0 Å². The molecule has 1 amide bonds. The van der Waals surface area contributed by atoms with Gasteiger partial charge in [0.2, 0.25) is 11.9 Å². The Kier molecular flexibility index (Phi) is 6.02. The van der Waals surface area contributed by atoms with E-state index in [9.17, 15) is 9.59 Å². The molecule has 2 aromatic heterocycles. The fourth-order valence-corrected chi connectivity index (χ4v) is 3.71. The van der Waals surface area contributed by atoms with Gasteiger partial charge in [0.15, 0.2) is 0 Å². The van der Waals surface area contributed by atoms with Gasteiger partial charge in [0, 0.05) is 31.7 Å². The number of nitrogens with zero attached hydrogens (tertiary/aromatic N) is 5. The highest BCUT2D eigenvalue weighted by atomic mass is 16.1. The number of aryl methyl sites for hydroxylation is 2. The summed E-state index contributed by atoms with van der Waals surface area (Å²) in [5, 5.41) is 3.46. The molecule has 4 rings (SSSR count). The first kappa shape index (κ1) is 20.0. The number of piperidine rings is 1. The highest BCUT2D eigenvalue weighted by molar-refractivity contribution is 5.77. The maximum Gasteiger partial charge on any atom is 0.261 e. The van der Waals surface area contributed by atoms with Crippen LogP contribution in [0.2, 0.25) is 0 Å². The van der Waals surface area contributed by atoms with Gasteiger partial charge in [-0.3, -0.25) is 14.2 Å². The van der Waals surface area contributed by atoms with Gasteiger partial charge in [-0.2, -0.15) is 0 Å². The Morgan fingerprint density at radius 2 is 1.93 bits per heavy atom. The minimum atomic E-state index is -0.133. The highest BCUT2D eigenvalue weighted by Gasteiger charge is 2.15. The lowest BCUT2D eigenvalue weighted by molar-refractivity contribution is -0.121. The molecule has 1 saturated heterocycles. The van der Waals surface area contributed by atoms with E-state index in [1.165, 1.54) is 17.3 Å². The van der Waals surface area contributed by atoms with E-state index >= 15 is 0 Å². The first-order valence-electron chi connectivity index (χ1n) is 10.4. The molecule has 1 N–H and O–H groups in total. The number of fused-ring (bicyclic) bond motifs is 1. The van der Waals surface area contributed by atoms with Gasteiger partial charge in [0.1, 0.15) is 0 Å². The van der Waals surface area contributed by atoms with Crippen LogP contribution >= 0.6 is 0 Å². The molecule has 3 aromatic rings. The Morgan fingerprint density at radius 3 is 2.77 bits per heavy atom. The normalized spacial score (nSPS) is 14.1. The summed E-state index contributed by atoms with van der Waals surface area (Å²) in [7, 11) is 0. The van der Waals surface area contributed by atoms with Crippen molar-refractivity contribution in [2.45, 2.75) is 45.7 Å². The van der Waals surface area contributed by atoms with Crippen LogP contribution in [0, 0.1) is 6.92 Å². The number of rotatable bonds is 6. The minimum Gasteiger partial charge on any atom is -0.350 e. The van der Waals surface area contributed by atoms with Crippen LogP contribution in [0.15, 0.2) is 41.5 Å². The summed E-state index contributed by atoms with van der Waals surface area (Å²) in [6.45, 7) is 4.52. The summed E-state index contributed by atoms with van der Waals surface area (Å²) < 4.78 is 1.48. The van der Waals surface area contributed by atoms with Gasteiger partial charge in [-0.1, -0.05) is 12.1 Å². The van der Waals surface area contributed by atoms with Crippen molar-refractivity contribution in [3.8, 4) is 0 Å². The molecule has 1 fully saturated rings. The molecule has 156 valence electrons. The van der Waals surface area contributed by atoms with Crippen molar-refractivity contribution in [3.05, 3.63) is 58.4 Å². The van der Waals surface area contributed by atoms with Gasteiger partial charge in [-0.15, -0.1) is 0 Å². The van der Waals surface area contributed by atoms with E-state index in [0.29, 0.717) is 17.4 Å². The van der Waals surface area contributed by atoms with Crippen LogP contribution in [-0.2, 0) is 17.9 Å². The number of anilines is 1. The molecule has 0 saturated carbocycles. The molecular formula is C22H26N6O2. The van der Waals surface area contributed by atoms with Crippen LogP contribution in [-0.4, -0.2) is 38.5 Å². The van der Waals surface area contributed by atoms with Crippen molar-refractivity contribution in [3.63, 3.8) is 0 Å². The average Bonchev–Trinajstić information content (AvgIpc) is 2.78. The quantitative estimate of drug-likeness (QED) is 0.675. The van der Waals surface area contributed by atoms with Crippen LogP contribution in [0.5, 0.6) is 0 Å². The fraction of sp³-hybridized carbons (Fsp3) is 0.409. The Balaban J connectivity index is 1.35. The lowest BCUT2D eigenvalue weighted by Gasteiger charge is -2.27. The zero-order valence-electron chi connectivity index (χ0n) is 17.2. The molecule has 1 aliphatic heterocycles. The molecular weight excluding hydrogens is 380 g/mol. The van der Waals surface area contributed by atoms with E-state index < -0.39 is 0 Å². The molecule has 0 bridgehead atoms. The monoisotopic (exact) mass is 406 g/mol.